The maximum Gasteiger partial charge on any atom is 0.251 e. The fourth-order valence-corrected chi connectivity index (χ4v) is 2.88. The third-order valence-corrected chi connectivity index (χ3v) is 3.99. The Labute approximate surface area is 132 Å². The molecule has 0 unspecified atom stereocenters. The highest BCUT2D eigenvalue weighted by Gasteiger charge is 2.43. The van der Waals surface area contributed by atoms with Crippen LogP contribution in [0.5, 0.6) is 11.5 Å². The molecule has 1 spiro atoms. The van der Waals surface area contributed by atoms with Crippen molar-refractivity contribution in [1.29, 1.82) is 5.26 Å². The lowest BCUT2D eigenvalue weighted by Gasteiger charge is -2.21. The summed E-state index contributed by atoms with van der Waals surface area (Å²) >= 11 is 0. The molecule has 2 heterocycles. The van der Waals surface area contributed by atoms with Crippen LogP contribution in [0.1, 0.15) is 31.5 Å². The van der Waals surface area contributed by atoms with E-state index >= 15 is 0 Å². The van der Waals surface area contributed by atoms with Gasteiger partial charge in [0.2, 0.25) is 5.82 Å². The van der Waals surface area contributed by atoms with Crippen LogP contribution < -0.4 is 14.8 Å². The molecule has 116 valence electrons. The Morgan fingerprint density at radius 1 is 1.30 bits per heavy atom. The number of fused-ring (bicyclic) bond motifs is 1. The van der Waals surface area contributed by atoms with Crippen LogP contribution in [0.4, 0.5) is 5.69 Å². The molecule has 0 amide bonds. The maximum absolute atomic E-state index is 9.15. The number of hydrogen-bond acceptors (Lipinski definition) is 7. The number of hydrogen-bond donors (Lipinski definition) is 2. The molecule has 1 aromatic carbocycles. The summed E-state index contributed by atoms with van der Waals surface area (Å²) in [6, 6.07) is 7.64. The molecule has 2 aliphatic rings. The predicted octanol–water partition coefficient (Wildman–Crippen LogP) is 2.22. The van der Waals surface area contributed by atoms with Crippen molar-refractivity contribution in [3.05, 3.63) is 30.2 Å². The number of tetrazole rings is 1. The number of aromatic amines is 1. The van der Waals surface area contributed by atoms with E-state index in [0.29, 0.717) is 0 Å². The fourth-order valence-electron chi connectivity index (χ4n) is 2.88. The molecule has 23 heavy (non-hydrogen) atoms. The Morgan fingerprint density at radius 2 is 2.13 bits per heavy atom. The van der Waals surface area contributed by atoms with Crippen LogP contribution in [0.2, 0.25) is 0 Å². The van der Waals surface area contributed by atoms with E-state index in [1.54, 1.807) is 0 Å². The average molecular weight is 310 g/mol. The number of aromatic nitrogens is 4. The molecule has 8 heteroatoms. The summed E-state index contributed by atoms with van der Waals surface area (Å²) < 4.78 is 12.0. The fraction of sp³-hybridized carbons (Fsp3) is 0.333. The van der Waals surface area contributed by atoms with Crippen LogP contribution in [0.25, 0.3) is 5.57 Å². The first kappa shape index (κ1) is 13.6. The molecule has 1 saturated carbocycles. The molecule has 0 saturated heterocycles. The minimum atomic E-state index is -0.473. The second kappa shape index (κ2) is 5.28. The van der Waals surface area contributed by atoms with Gasteiger partial charge in [0.15, 0.2) is 11.5 Å². The summed E-state index contributed by atoms with van der Waals surface area (Å²) in [7, 11) is 0. The van der Waals surface area contributed by atoms with Gasteiger partial charge in [-0.15, -0.1) is 10.2 Å². The zero-order valence-corrected chi connectivity index (χ0v) is 12.2. The standard InChI is InChI=1S/C15H14N6O2/c16-8-10(14-18-20-21-19-14)9-17-11-3-4-12-13(7-11)23-15(22-12)5-1-2-6-15/h3-4,7,9,17H,1-2,5-6H2,(H,18,19,20,21). The molecule has 4 rings (SSSR count). The molecule has 2 N–H and O–H groups in total. The summed E-state index contributed by atoms with van der Waals surface area (Å²) in [5, 5.41) is 25.5. The van der Waals surface area contributed by atoms with Crippen molar-refractivity contribution in [1.82, 2.24) is 20.6 Å². The topological polar surface area (TPSA) is 109 Å². The van der Waals surface area contributed by atoms with Gasteiger partial charge in [-0.3, -0.25) is 0 Å². The highest BCUT2D eigenvalue weighted by atomic mass is 16.7. The van der Waals surface area contributed by atoms with E-state index in [-0.39, 0.29) is 11.4 Å². The van der Waals surface area contributed by atoms with Gasteiger partial charge in [-0.2, -0.15) is 10.5 Å². The quantitative estimate of drug-likeness (QED) is 0.836. The Kier molecular flexibility index (Phi) is 3.12. The summed E-state index contributed by atoms with van der Waals surface area (Å²) in [5.74, 6) is 1.26. The van der Waals surface area contributed by atoms with E-state index in [4.69, 9.17) is 14.7 Å². The number of nitriles is 1. The number of nitrogens with one attached hydrogen (secondary N) is 2. The van der Waals surface area contributed by atoms with E-state index in [9.17, 15) is 0 Å². The second-order valence-corrected chi connectivity index (χ2v) is 5.53. The van der Waals surface area contributed by atoms with Crippen molar-refractivity contribution in [2.24, 2.45) is 0 Å². The van der Waals surface area contributed by atoms with E-state index in [2.05, 4.69) is 25.9 Å². The monoisotopic (exact) mass is 310 g/mol. The van der Waals surface area contributed by atoms with Gasteiger partial charge < -0.3 is 14.8 Å². The number of ether oxygens (including phenoxy) is 2. The molecular weight excluding hydrogens is 296 g/mol. The number of rotatable bonds is 3. The first-order valence-electron chi connectivity index (χ1n) is 7.41. The first-order chi connectivity index (χ1) is 11.3. The summed E-state index contributed by atoms with van der Waals surface area (Å²) in [5.41, 5.74) is 1.07. The Hall–Kier alpha value is -3.08. The Bertz CT molecular complexity index is 787. The van der Waals surface area contributed by atoms with Gasteiger partial charge in [-0.25, -0.2) is 0 Å². The molecular formula is C15H14N6O2. The van der Waals surface area contributed by atoms with Gasteiger partial charge in [-0.1, -0.05) is 0 Å². The summed E-state index contributed by atoms with van der Waals surface area (Å²) in [6.07, 6.45) is 5.62. The lowest BCUT2D eigenvalue weighted by Crippen LogP contribution is -2.34. The van der Waals surface area contributed by atoms with E-state index < -0.39 is 5.79 Å². The molecule has 0 radical (unpaired) electrons. The van der Waals surface area contributed by atoms with Crippen molar-refractivity contribution >= 4 is 11.3 Å². The molecule has 1 fully saturated rings. The van der Waals surface area contributed by atoms with Crippen LogP contribution in [-0.2, 0) is 0 Å². The SMILES string of the molecule is N#CC(=CNc1ccc2c(c1)OC1(CCCC1)O2)c1nn[nH]n1. The average Bonchev–Trinajstić information content (AvgIpc) is 3.29. The smallest absolute Gasteiger partial charge is 0.251 e. The number of H-pyrrole nitrogens is 1. The van der Waals surface area contributed by atoms with Crippen molar-refractivity contribution < 1.29 is 9.47 Å². The molecule has 1 aromatic heterocycles. The van der Waals surface area contributed by atoms with Gasteiger partial charge in [0.1, 0.15) is 11.6 Å². The van der Waals surface area contributed by atoms with Crippen molar-refractivity contribution in [2.75, 3.05) is 5.32 Å². The van der Waals surface area contributed by atoms with E-state index in [1.165, 1.54) is 6.20 Å². The van der Waals surface area contributed by atoms with Gasteiger partial charge in [0.25, 0.3) is 5.79 Å². The number of allylic oxidation sites excluding steroid dienone is 1. The second-order valence-electron chi connectivity index (χ2n) is 5.53. The molecule has 8 nitrogen and oxygen atoms in total. The van der Waals surface area contributed by atoms with Crippen molar-refractivity contribution in [2.45, 2.75) is 31.5 Å². The van der Waals surface area contributed by atoms with Crippen LogP contribution in [0.3, 0.4) is 0 Å². The third-order valence-electron chi connectivity index (χ3n) is 3.99. The van der Waals surface area contributed by atoms with Crippen LogP contribution in [0, 0.1) is 11.3 Å². The molecule has 0 bridgehead atoms. The number of benzene rings is 1. The zero-order valence-electron chi connectivity index (χ0n) is 12.2. The predicted molar refractivity (Wildman–Crippen MR) is 80.3 cm³/mol. The van der Waals surface area contributed by atoms with Crippen LogP contribution >= 0.6 is 0 Å². The minimum Gasteiger partial charge on any atom is -0.448 e. The normalized spacial score (nSPS) is 18.1. The largest absolute Gasteiger partial charge is 0.448 e. The summed E-state index contributed by atoms with van der Waals surface area (Å²) in [4.78, 5) is 0. The zero-order chi connectivity index (χ0) is 15.7. The van der Waals surface area contributed by atoms with Crippen molar-refractivity contribution in [3.63, 3.8) is 0 Å². The number of nitrogens with zero attached hydrogens (tertiary/aromatic N) is 4. The molecule has 1 aliphatic carbocycles. The van der Waals surface area contributed by atoms with Gasteiger partial charge in [0, 0.05) is 30.8 Å². The first-order valence-corrected chi connectivity index (χ1v) is 7.41. The highest BCUT2D eigenvalue weighted by Crippen LogP contribution is 2.47. The molecule has 0 atom stereocenters. The van der Waals surface area contributed by atoms with Crippen LogP contribution in [-0.4, -0.2) is 26.4 Å². The van der Waals surface area contributed by atoms with Crippen LogP contribution in [0.15, 0.2) is 24.4 Å². The summed E-state index contributed by atoms with van der Waals surface area (Å²) in [6.45, 7) is 0. The lowest BCUT2D eigenvalue weighted by molar-refractivity contribution is -0.0716. The van der Waals surface area contributed by atoms with Gasteiger partial charge >= 0.3 is 0 Å². The maximum atomic E-state index is 9.15. The van der Waals surface area contributed by atoms with Crippen molar-refractivity contribution in [3.8, 4) is 17.6 Å². The Morgan fingerprint density at radius 3 is 2.87 bits per heavy atom. The number of anilines is 1. The molecule has 2 aromatic rings. The Balaban J connectivity index is 1.53. The minimum absolute atomic E-state index is 0.241. The van der Waals surface area contributed by atoms with E-state index in [1.807, 2.05) is 24.3 Å². The van der Waals surface area contributed by atoms with Gasteiger partial charge in [0.05, 0.1) is 0 Å². The van der Waals surface area contributed by atoms with E-state index in [0.717, 1.165) is 42.9 Å². The third kappa shape index (κ3) is 2.46. The highest BCUT2D eigenvalue weighted by molar-refractivity contribution is 5.74. The lowest BCUT2D eigenvalue weighted by atomic mass is 10.2. The molecule has 1 aliphatic heterocycles. The van der Waals surface area contributed by atoms with Gasteiger partial charge in [-0.05, 0) is 30.2 Å².